The van der Waals surface area contributed by atoms with Crippen molar-refractivity contribution in [1.29, 1.82) is 0 Å². The fourth-order valence-corrected chi connectivity index (χ4v) is 4.72. The van der Waals surface area contributed by atoms with E-state index in [2.05, 4.69) is 62.1 Å². The van der Waals surface area contributed by atoms with Gasteiger partial charge in [0.05, 0.1) is 29.9 Å². The highest BCUT2D eigenvalue weighted by Gasteiger charge is 2.18. The number of nitrogens with one attached hydrogen (secondary N) is 2. The van der Waals surface area contributed by atoms with E-state index in [1.165, 1.54) is 6.08 Å². The zero-order valence-corrected chi connectivity index (χ0v) is 26.8. The maximum atomic E-state index is 12.3. The van der Waals surface area contributed by atoms with Crippen molar-refractivity contribution in [3.63, 3.8) is 0 Å². The highest BCUT2D eigenvalue weighted by atomic mass is 16.5. The third kappa shape index (κ3) is 8.32. The van der Waals surface area contributed by atoms with E-state index in [1.807, 2.05) is 52.3 Å². The van der Waals surface area contributed by atoms with E-state index >= 15 is 0 Å². The van der Waals surface area contributed by atoms with Crippen LogP contribution < -0.4 is 26.0 Å². The Morgan fingerprint density at radius 2 is 1.91 bits per heavy atom. The fraction of sp³-hybridized carbons (Fsp3) is 0.294. The number of amides is 1. The number of carbonyl (C=O) groups excluding carboxylic acids is 1. The van der Waals surface area contributed by atoms with Crippen molar-refractivity contribution in [2.45, 2.75) is 20.3 Å². The summed E-state index contributed by atoms with van der Waals surface area (Å²) in [6.07, 6.45) is 9.16. The van der Waals surface area contributed by atoms with Crippen molar-refractivity contribution in [3.8, 4) is 5.75 Å². The van der Waals surface area contributed by atoms with Crippen LogP contribution in [-0.4, -0.2) is 75.4 Å². The minimum Gasteiger partial charge on any atom is -0.494 e. The lowest BCUT2D eigenvalue weighted by Gasteiger charge is -2.26. The van der Waals surface area contributed by atoms with E-state index in [1.54, 1.807) is 32.8 Å². The topological polar surface area (TPSA) is 121 Å². The van der Waals surface area contributed by atoms with Crippen LogP contribution in [0, 0.1) is 0 Å². The first-order chi connectivity index (χ1) is 21.2. The molecular formula is C34H44N8O2. The third-order valence-electron chi connectivity index (χ3n) is 7.08. The second-order valence-corrected chi connectivity index (χ2v) is 10.3. The Hall–Kier alpha value is -4.96. The van der Waals surface area contributed by atoms with Gasteiger partial charge in [0.15, 0.2) is 0 Å². The highest BCUT2D eigenvalue weighted by molar-refractivity contribution is 6.09. The van der Waals surface area contributed by atoms with Gasteiger partial charge in [-0.3, -0.25) is 9.79 Å². The molecule has 0 fully saturated rings. The molecule has 10 nitrogen and oxygen atoms in total. The smallest absolute Gasteiger partial charge is 0.247 e. The molecule has 0 unspecified atom stereocenters. The number of allylic oxidation sites excluding steroid dienone is 2. The van der Waals surface area contributed by atoms with Crippen molar-refractivity contribution in [2.75, 3.05) is 63.9 Å². The first-order valence-electron chi connectivity index (χ1n) is 14.4. The number of ether oxygens (including phenoxy) is 1. The summed E-state index contributed by atoms with van der Waals surface area (Å²) in [6.45, 7) is 9.30. The number of rotatable bonds is 14. The van der Waals surface area contributed by atoms with Crippen molar-refractivity contribution in [1.82, 2.24) is 14.9 Å². The molecule has 10 heteroatoms. The van der Waals surface area contributed by atoms with Crippen LogP contribution in [0.5, 0.6) is 5.75 Å². The molecule has 44 heavy (non-hydrogen) atoms. The number of hydrogen-bond donors (Lipinski definition) is 3. The van der Waals surface area contributed by atoms with Gasteiger partial charge in [-0.25, -0.2) is 9.97 Å². The number of hydrogen-bond acceptors (Lipinski definition) is 9. The Morgan fingerprint density at radius 3 is 2.52 bits per heavy atom. The SMILES string of the molecule is C=CC(=O)Nc1cc(Nc2nccc(/C(=C/C)c3ccc(C(C=NC)=CN)cc3CC)n2)c(OC)cc1N(C)CCN(C)C. The van der Waals surface area contributed by atoms with Crippen LogP contribution in [0.1, 0.15) is 36.2 Å². The molecule has 0 saturated carbocycles. The van der Waals surface area contributed by atoms with Gasteiger partial charge in [0, 0.05) is 63.0 Å². The molecule has 0 aliphatic rings. The van der Waals surface area contributed by atoms with Crippen LogP contribution in [0.4, 0.5) is 23.0 Å². The van der Waals surface area contributed by atoms with Crippen molar-refractivity contribution >= 4 is 46.3 Å². The van der Waals surface area contributed by atoms with Gasteiger partial charge in [0.2, 0.25) is 11.9 Å². The molecule has 0 spiro atoms. The lowest BCUT2D eigenvalue weighted by atomic mass is 9.92. The number of nitrogens with two attached hydrogens (primary N) is 1. The molecule has 1 amide bonds. The summed E-state index contributed by atoms with van der Waals surface area (Å²) < 4.78 is 5.75. The molecular weight excluding hydrogens is 552 g/mol. The summed E-state index contributed by atoms with van der Waals surface area (Å²) in [5.41, 5.74) is 13.7. The predicted octanol–water partition coefficient (Wildman–Crippen LogP) is 5.37. The predicted molar refractivity (Wildman–Crippen MR) is 184 cm³/mol. The monoisotopic (exact) mass is 596 g/mol. The molecule has 0 saturated heterocycles. The molecule has 232 valence electrons. The van der Waals surface area contributed by atoms with Crippen molar-refractivity contribution in [2.24, 2.45) is 10.7 Å². The Morgan fingerprint density at radius 1 is 1.14 bits per heavy atom. The average Bonchev–Trinajstić information content (AvgIpc) is 3.03. The van der Waals surface area contributed by atoms with Crippen LogP contribution in [0.3, 0.4) is 0 Å². The minimum absolute atomic E-state index is 0.312. The zero-order chi connectivity index (χ0) is 32.2. The van der Waals surface area contributed by atoms with E-state index in [0.717, 1.165) is 58.7 Å². The normalized spacial score (nSPS) is 12.0. The van der Waals surface area contributed by atoms with Crippen LogP contribution >= 0.6 is 0 Å². The van der Waals surface area contributed by atoms with Gasteiger partial charge >= 0.3 is 0 Å². The largest absolute Gasteiger partial charge is 0.494 e. The maximum Gasteiger partial charge on any atom is 0.247 e. The average molecular weight is 597 g/mol. The van der Waals surface area contributed by atoms with E-state index in [4.69, 9.17) is 15.5 Å². The van der Waals surface area contributed by atoms with Crippen LogP contribution in [-0.2, 0) is 11.2 Å². The minimum atomic E-state index is -0.312. The Labute approximate surface area is 261 Å². The Bertz CT molecular complexity index is 1560. The maximum absolute atomic E-state index is 12.3. The number of benzene rings is 2. The third-order valence-corrected chi connectivity index (χ3v) is 7.08. The number of carbonyl (C=O) groups is 1. The number of aromatic nitrogens is 2. The van der Waals surface area contributed by atoms with Gasteiger partial charge in [0.25, 0.3) is 0 Å². The number of aliphatic imine (C=N–C) groups is 1. The van der Waals surface area contributed by atoms with Crippen molar-refractivity contribution in [3.05, 3.63) is 89.9 Å². The summed E-state index contributed by atoms with van der Waals surface area (Å²) in [4.78, 5) is 30.0. The quantitative estimate of drug-likeness (QED) is 0.168. The standard InChI is InChI=1S/C34H44N8O2/c1-9-23-18-24(25(21-35)22-36-4)12-13-27(23)26(10-2)28-14-15-37-34(39-28)40-30-19-29(38-33(43)11-3)31(20-32(30)44-8)42(7)17-16-41(5)6/h10-15,18-22H,3,9,16-17,35H2,1-2,4-8H3,(H,38,43)(H,37,39,40)/b25-21?,26-10+,36-22?. The lowest BCUT2D eigenvalue weighted by molar-refractivity contribution is -0.111. The molecule has 0 atom stereocenters. The first-order valence-corrected chi connectivity index (χ1v) is 14.4. The van der Waals surface area contributed by atoms with Crippen LogP contribution in [0.25, 0.3) is 11.1 Å². The van der Waals surface area contributed by atoms with Gasteiger partial charge in [-0.1, -0.05) is 37.8 Å². The fourth-order valence-electron chi connectivity index (χ4n) is 4.72. The van der Waals surface area contributed by atoms with Gasteiger partial charge in [0.1, 0.15) is 5.75 Å². The summed E-state index contributed by atoms with van der Waals surface area (Å²) >= 11 is 0. The highest BCUT2D eigenvalue weighted by Crippen LogP contribution is 2.38. The molecule has 0 aliphatic carbocycles. The Kier molecular flexibility index (Phi) is 12.2. The first kappa shape index (κ1) is 33.5. The molecule has 3 rings (SSSR count). The van der Waals surface area contributed by atoms with Crippen molar-refractivity contribution < 1.29 is 9.53 Å². The van der Waals surface area contributed by atoms with E-state index in [9.17, 15) is 4.79 Å². The van der Waals surface area contributed by atoms with Gasteiger partial charge in [-0.05, 0) is 62.3 Å². The molecule has 4 N–H and O–H groups in total. The van der Waals surface area contributed by atoms with Crippen LogP contribution in [0.15, 0.2) is 72.5 Å². The summed E-state index contributed by atoms with van der Waals surface area (Å²) in [5, 5.41) is 6.23. The van der Waals surface area contributed by atoms with E-state index in [0.29, 0.717) is 23.1 Å². The van der Waals surface area contributed by atoms with Gasteiger partial charge in [-0.15, -0.1) is 0 Å². The lowest BCUT2D eigenvalue weighted by Crippen LogP contribution is -2.29. The van der Waals surface area contributed by atoms with E-state index in [-0.39, 0.29) is 5.91 Å². The molecule has 3 aromatic rings. The molecule has 0 radical (unpaired) electrons. The molecule has 0 bridgehead atoms. The molecule has 1 aromatic heterocycles. The van der Waals surface area contributed by atoms with Gasteiger partial charge < -0.3 is 30.9 Å². The number of nitrogens with zero attached hydrogens (tertiary/aromatic N) is 5. The summed E-state index contributed by atoms with van der Waals surface area (Å²) in [5.74, 6) is 0.655. The zero-order valence-electron chi connectivity index (χ0n) is 26.8. The Balaban J connectivity index is 2.02. The molecule has 2 aromatic carbocycles. The number of anilines is 4. The number of likely N-dealkylation sites (N-methyl/N-ethyl adjacent to an activating group) is 2. The second kappa shape index (κ2) is 16.0. The molecule has 0 aliphatic heterocycles. The second-order valence-electron chi connectivity index (χ2n) is 10.3. The number of methoxy groups -OCH3 is 1. The summed E-state index contributed by atoms with van der Waals surface area (Å²) in [7, 11) is 9.34. The summed E-state index contributed by atoms with van der Waals surface area (Å²) in [6, 6.07) is 11.9. The van der Waals surface area contributed by atoms with Crippen LogP contribution in [0.2, 0.25) is 0 Å². The van der Waals surface area contributed by atoms with Gasteiger partial charge in [-0.2, -0.15) is 0 Å². The molecule has 1 heterocycles. The number of aryl methyl sites for hydroxylation is 1. The van der Waals surface area contributed by atoms with E-state index < -0.39 is 0 Å².